The van der Waals surface area contributed by atoms with Crippen molar-refractivity contribution in [3.63, 3.8) is 0 Å². The SMILES string of the molecule is CCCCCCCCc1cc(/C=C2\SC(=S)N(CC)C2=O)sc1-c1ccc(-c2sc(-c3cc4c(Cc5ccc(CC(CC)CCCC)s5)c5sc(-c6cc(CCCCCCCC)c(-c7ccc(-c8sc(/C=C9/SC(=S)N(CC)C9=O)cc8CCCCCCCC)s7)s6)cc5c(Cc5ccc(CC(CC)CCCC)s5)c4s3)cc2CCCCCCCC)s1. The summed E-state index contributed by atoms with van der Waals surface area (Å²) in [7, 11) is 0. The van der Waals surface area contributed by atoms with Crippen LogP contribution in [-0.2, 0) is 61.0 Å². The number of likely N-dealkylation sites (N-methyl/N-ethyl adjacent to an activating group) is 2. The second-order valence-electron chi connectivity index (χ2n) is 34.2. The van der Waals surface area contributed by atoms with Gasteiger partial charge in [-0.2, -0.15) is 0 Å². The molecule has 122 heavy (non-hydrogen) atoms. The van der Waals surface area contributed by atoms with Gasteiger partial charge in [-0.3, -0.25) is 19.4 Å². The van der Waals surface area contributed by atoms with Gasteiger partial charge in [-0.15, -0.1) is 113 Å². The number of thiocarbonyl (C=S) groups is 2. The van der Waals surface area contributed by atoms with E-state index >= 15 is 0 Å². The first kappa shape index (κ1) is 95.6. The largest absolute Gasteiger partial charge is 0.293 e. The Morgan fingerprint density at radius 2 is 0.631 bits per heavy atom. The second kappa shape index (κ2) is 48.6. The number of rotatable bonds is 54. The van der Waals surface area contributed by atoms with Gasteiger partial charge < -0.3 is 0 Å². The van der Waals surface area contributed by atoms with Crippen LogP contribution in [-0.4, -0.2) is 43.3 Å². The predicted octanol–water partition coefficient (Wildman–Crippen LogP) is 37.4. The summed E-state index contributed by atoms with van der Waals surface area (Å²) in [5.41, 5.74) is 8.83. The molecule has 11 aromatic rings. The summed E-state index contributed by atoms with van der Waals surface area (Å²) < 4.78 is 4.26. The highest BCUT2D eigenvalue weighted by Crippen LogP contribution is 2.55. The number of hydrogen-bond acceptors (Lipinski definition) is 16. The fourth-order valence-electron chi connectivity index (χ4n) is 17.6. The number of unbranched alkanes of at least 4 members (excludes halogenated alkanes) is 22. The monoisotopic (exact) mass is 1890 g/mol. The lowest BCUT2D eigenvalue weighted by molar-refractivity contribution is -0.122. The van der Waals surface area contributed by atoms with E-state index in [9.17, 15) is 9.59 Å². The molecule has 654 valence electrons. The van der Waals surface area contributed by atoms with Gasteiger partial charge in [0.25, 0.3) is 11.8 Å². The highest BCUT2D eigenvalue weighted by Gasteiger charge is 2.34. The van der Waals surface area contributed by atoms with Crippen molar-refractivity contribution < 1.29 is 9.59 Å². The molecule has 2 unspecified atom stereocenters. The molecule has 2 saturated heterocycles. The van der Waals surface area contributed by atoms with Gasteiger partial charge in [0.15, 0.2) is 0 Å². The maximum absolute atomic E-state index is 13.7. The summed E-state index contributed by atoms with van der Waals surface area (Å²) in [6, 6.07) is 35.2. The molecule has 12 heterocycles. The molecule has 2 fully saturated rings. The Balaban J connectivity index is 0.941. The van der Waals surface area contributed by atoms with E-state index in [4.69, 9.17) is 24.4 Å². The zero-order valence-corrected chi connectivity index (χ0v) is 85.9. The molecule has 10 aromatic heterocycles. The van der Waals surface area contributed by atoms with Gasteiger partial charge in [0.05, 0.1) is 9.81 Å². The van der Waals surface area contributed by atoms with Crippen LogP contribution in [0.3, 0.4) is 0 Å². The fourth-order valence-corrected chi connectivity index (χ4v) is 32.8. The fraction of sp³-hybridized carbons (Fsp3) is 0.519. The first-order valence-electron chi connectivity index (χ1n) is 47.1. The standard InChI is InChI=1S/C104H132N2O2S14/c1-11-21-27-31-35-39-45-71-59-79(65-93-101(107)105(19-9)103(109)121-93)113-95(71)85-53-55-87(115-85)97-73(47-41-37-33-29-23-13-3)61-89(117-97)91-67-83-81(63-77-51-49-75(111-77)57-69(17-7)43-25-15-5)100-84(82(99(83)119-91)64-78-52-50-76(112-78)58-70(18-8)44-26-16-6)68-92(120-100)90-62-74(48-42-38-34-30-24-14-4)98(118-90)88-56-54-86(116-88)96-72(46-40-36-32-28-22-12-2)60-80(114-96)66-94-102(108)106(20-10)104(110)122-94/h49-56,59-62,65-70H,11-48,57-58,63-64H2,1-10H3/b93-65-,94-66+. The number of thioether (sulfide) groups is 2. The quantitative estimate of drug-likeness (QED) is 0.0215. The number of hydrogen-bond donors (Lipinski definition) is 0. The van der Waals surface area contributed by atoms with E-state index in [1.54, 1.807) is 19.6 Å². The Kier molecular flexibility index (Phi) is 38.1. The summed E-state index contributed by atoms with van der Waals surface area (Å²) in [6.07, 6.45) is 53.2. The maximum atomic E-state index is 13.7. The van der Waals surface area contributed by atoms with Crippen LogP contribution in [0, 0.1) is 11.8 Å². The van der Waals surface area contributed by atoms with Crippen LogP contribution in [0.2, 0.25) is 0 Å². The molecule has 0 radical (unpaired) electrons. The van der Waals surface area contributed by atoms with Gasteiger partial charge >= 0.3 is 0 Å². The second-order valence-corrected chi connectivity index (χ2v) is 48.6. The molecule has 2 aliphatic rings. The minimum atomic E-state index is 0.0337. The van der Waals surface area contributed by atoms with Crippen molar-refractivity contribution in [1.82, 2.24) is 9.80 Å². The molecule has 2 aliphatic heterocycles. The number of amides is 2. The van der Waals surface area contributed by atoms with Crippen LogP contribution in [0.15, 0.2) is 94.7 Å². The summed E-state index contributed by atoms with van der Waals surface area (Å²) >= 11 is 34.5. The lowest BCUT2D eigenvalue weighted by Crippen LogP contribution is -2.27. The average Bonchev–Trinajstić information content (AvgIpc) is 1.57. The first-order chi connectivity index (χ1) is 59.7. The van der Waals surface area contributed by atoms with Crippen molar-refractivity contribution in [2.45, 2.75) is 326 Å². The number of fused-ring (bicyclic) bond motifs is 2. The Bertz CT molecular complexity index is 4910. The molecule has 13 rings (SSSR count). The Hall–Kier alpha value is -3.96. The van der Waals surface area contributed by atoms with Crippen LogP contribution in [0.1, 0.15) is 337 Å². The normalized spacial score (nSPS) is 14.6. The number of carbonyl (C=O) groups excluding carboxylic acids is 2. The van der Waals surface area contributed by atoms with Crippen molar-refractivity contribution >= 4 is 214 Å². The van der Waals surface area contributed by atoms with Crippen molar-refractivity contribution in [3.05, 3.63) is 157 Å². The van der Waals surface area contributed by atoms with Crippen molar-refractivity contribution in [1.29, 1.82) is 0 Å². The minimum absolute atomic E-state index is 0.0337. The lowest BCUT2D eigenvalue weighted by atomic mass is 9.95. The number of nitrogens with zero attached hydrogens (tertiary/aromatic N) is 2. The molecule has 4 nitrogen and oxygen atoms in total. The molecule has 1 aromatic carbocycles. The Morgan fingerprint density at radius 3 is 0.959 bits per heavy atom. The number of aryl methyl sites for hydroxylation is 4. The number of thiophene rings is 10. The summed E-state index contributed by atoms with van der Waals surface area (Å²) in [4.78, 5) is 57.3. The molecule has 2 atom stereocenters. The minimum Gasteiger partial charge on any atom is -0.293 e. The Morgan fingerprint density at radius 1 is 0.320 bits per heavy atom. The number of carbonyl (C=O) groups is 2. The number of benzene rings is 1. The van der Waals surface area contributed by atoms with Crippen LogP contribution >= 0.6 is 161 Å². The molecule has 0 spiro atoms. The lowest BCUT2D eigenvalue weighted by Gasteiger charge is -2.13. The topological polar surface area (TPSA) is 40.6 Å². The summed E-state index contributed by atoms with van der Waals surface area (Å²) in [5, 5.41) is 2.90. The van der Waals surface area contributed by atoms with E-state index in [1.165, 1.54) is 364 Å². The zero-order valence-electron chi connectivity index (χ0n) is 74.5. The van der Waals surface area contributed by atoms with Crippen LogP contribution in [0.4, 0.5) is 0 Å². The molecule has 2 amide bonds. The molecule has 0 N–H and O–H groups in total. The van der Waals surface area contributed by atoms with E-state index in [-0.39, 0.29) is 11.8 Å². The van der Waals surface area contributed by atoms with Gasteiger partial charge in [-0.05, 0) is 231 Å². The van der Waals surface area contributed by atoms with E-state index in [2.05, 4.69) is 220 Å². The van der Waals surface area contributed by atoms with Gasteiger partial charge in [-0.25, -0.2) is 0 Å². The van der Waals surface area contributed by atoms with Gasteiger partial charge in [-0.1, -0.05) is 283 Å². The van der Waals surface area contributed by atoms with E-state index in [0.29, 0.717) is 33.6 Å². The van der Waals surface area contributed by atoms with Gasteiger partial charge in [0.2, 0.25) is 0 Å². The summed E-state index contributed by atoms with van der Waals surface area (Å²) in [5.74, 6) is 1.49. The van der Waals surface area contributed by atoms with Crippen LogP contribution in [0.25, 0.3) is 90.9 Å². The van der Waals surface area contributed by atoms with Crippen LogP contribution < -0.4 is 0 Å². The van der Waals surface area contributed by atoms with Gasteiger partial charge in [0.1, 0.15) is 8.64 Å². The van der Waals surface area contributed by atoms with Crippen molar-refractivity contribution in [2.24, 2.45) is 11.8 Å². The smallest absolute Gasteiger partial charge is 0.266 e. The highest BCUT2D eigenvalue weighted by molar-refractivity contribution is 8.27. The zero-order chi connectivity index (χ0) is 85.4. The predicted molar refractivity (Wildman–Crippen MR) is 565 cm³/mol. The van der Waals surface area contributed by atoms with E-state index in [1.807, 2.05) is 59.2 Å². The van der Waals surface area contributed by atoms with E-state index < -0.39 is 0 Å². The molecule has 18 heteroatoms. The van der Waals surface area contributed by atoms with Crippen molar-refractivity contribution in [3.8, 4) is 58.5 Å². The van der Waals surface area contributed by atoms with E-state index in [0.717, 1.165) is 58.1 Å². The highest BCUT2D eigenvalue weighted by atomic mass is 32.2. The molecular weight excluding hydrogens is 1760 g/mol. The molecule has 0 saturated carbocycles. The third-order valence-corrected chi connectivity index (χ3v) is 40.1. The third kappa shape index (κ3) is 25.0. The third-order valence-electron chi connectivity index (χ3n) is 24.9. The Labute approximate surface area is 792 Å². The molecule has 0 bridgehead atoms. The van der Waals surface area contributed by atoms with Crippen molar-refractivity contribution in [2.75, 3.05) is 13.1 Å². The molecular formula is C104H132N2O2S14. The first-order valence-corrected chi connectivity index (χ1v) is 57.7. The van der Waals surface area contributed by atoms with Gasteiger partial charge in [0, 0.05) is 123 Å². The molecule has 0 aliphatic carbocycles. The summed E-state index contributed by atoms with van der Waals surface area (Å²) in [6.45, 7) is 24.0. The van der Waals surface area contributed by atoms with Crippen LogP contribution in [0.5, 0.6) is 0 Å². The average molecular weight is 1890 g/mol. The maximum Gasteiger partial charge on any atom is 0.266 e.